The summed E-state index contributed by atoms with van der Waals surface area (Å²) in [4.78, 5) is 27.8. The summed E-state index contributed by atoms with van der Waals surface area (Å²) in [6.45, 7) is 7.94. The van der Waals surface area contributed by atoms with Crippen LogP contribution in [0.25, 0.3) is 6.08 Å². The van der Waals surface area contributed by atoms with Gasteiger partial charge in [0.2, 0.25) is 11.8 Å². The Balaban J connectivity index is 1.72. The predicted molar refractivity (Wildman–Crippen MR) is 96.5 cm³/mol. The van der Waals surface area contributed by atoms with Crippen molar-refractivity contribution in [2.24, 2.45) is 0 Å². The average Bonchev–Trinajstić information content (AvgIpc) is 2.57. The number of aryl methyl sites for hydroxylation is 1. The minimum absolute atomic E-state index is 0.0540. The summed E-state index contributed by atoms with van der Waals surface area (Å²) in [5.74, 6) is 0.203. The van der Waals surface area contributed by atoms with E-state index in [1.54, 1.807) is 0 Å². The van der Waals surface area contributed by atoms with E-state index in [9.17, 15) is 9.59 Å². The molecule has 2 rings (SSSR count). The normalized spacial score (nSPS) is 15.7. The third-order valence-corrected chi connectivity index (χ3v) is 4.15. The molecule has 1 aliphatic heterocycles. The topological polar surface area (TPSA) is 52.7 Å². The van der Waals surface area contributed by atoms with Gasteiger partial charge in [0.1, 0.15) is 0 Å². The van der Waals surface area contributed by atoms with Gasteiger partial charge in [0, 0.05) is 39.1 Å². The van der Waals surface area contributed by atoms with Gasteiger partial charge in [-0.1, -0.05) is 42.0 Å². The molecule has 1 fully saturated rings. The van der Waals surface area contributed by atoms with Gasteiger partial charge in [-0.15, -0.1) is 0 Å². The van der Waals surface area contributed by atoms with Crippen LogP contribution < -0.4 is 5.32 Å². The first-order chi connectivity index (χ1) is 11.6. The maximum Gasteiger partial charge on any atom is 0.234 e. The Morgan fingerprint density at radius 3 is 2.42 bits per heavy atom. The van der Waals surface area contributed by atoms with Crippen LogP contribution in [0.2, 0.25) is 0 Å². The quantitative estimate of drug-likeness (QED) is 0.864. The van der Waals surface area contributed by atoms with Crippen molar-refractivity contribution in [1.82, 2.24) is 15.1 Å². The van der Waals surface area contributed by atoms with Crippen molar-refractivity contribution in [3.63, 3.8) is 0 Å². The molecule has 1 N–H and O–H groups in total. The zero-order valence-corrected chi connectivity index (χ0v) is 14.6. The molecule has 24 heavy (non-hydrogen) atoms. The average molecular weight is 329 g/mol. The lowest BCUT2D eigenvalue weighted by molar-refractivity contribution is -0.132. The van der Waals surface area contributed by atoms with Gasteiger partial charge in [-0.25, -0.2) is 0 Å². The Labute approximate surface area is 144 Å². The van der Waals surface area contributed by atoms with E-state index >= 15 is 0 Å². The molecule has 0 radical (unpaired) electrons. The Kier molecular flexibility index (Phi) is 7.00. The van der Waals surface area contributed by atoms with Crippen molar-refractivity contribution in [3.05, 3.63) is 41.5 Å². The Morgan fingerprint density at radius 1 is 1.12 bits per heavy atom. The monoisotopic (exact) mass is 329 g/mol. The first kappa shape index (κ1) is 18.2. The number of hydrogen-bond acceptors (Lipinski definition) is 3. The minimum atomic E-state index is 0.0540. The molecule has 0 saturated carbocycles. The van der Waals surface area contributed by atoms with E-state index in [0.29, 0.717) is 32.6 Å². The molecular weight excluding hydrogens is 302 g/mol. The van der Waals surface area contributed by atoms with Crippen LogP contribution in [0.15, 0.2) is 30.3 Å². The summed E-state index contributed by atoms with van der Waals surface area (Å²) < 4.78 is 0. The van der Waals surface area contributed by atoms with Gasteiger partial charge >= 0.3 is 0 Å². The maximum atomic E-state index is 12.3. The van der Waals surface area contributed by atoms with Crippen LogP contribution in [-0.4, -0.2) is 60.9 Å². The number of carbonyl (C=O) groups excluding carboxylic acids is 2. The summed E-state index contributed by atoms with van der Waals surface area (Å²) in [5.41, 5.74) is 2.34. The predicted octanol–water partition coefficient (Wildman–Crippen LogP) is 1.68. The van der Waals surface area contributed by atoms with E-state index in [1.807, 2.05) is 24.0 Å². The fraction of sp³-hybridized carbons (Fsp3) is 0.474. The standard InChI is InChI=1S/C19H27N3O2/c1-3-20-18(23)15-21-11-13-22(14-12-21)19(24)6-4-5-17-9-7-16(2)8-10-17/h4-5,7-10H,3,6,11-15H2,1-2H3,(H,20,23)/b5-4+. The number of rotatable bonds is 6. The van der Waals surface area contributed by atoms with Crippen molar-refractivity contribution in [3.8, 4) is 0 Å². The molecule has 130 valence electrons. The van der Waals surface area contributed by atoms with Crippen LogP contribution in [-0.2, 0) is 9.59 Å². The van der Waals surface area contributed by atoms with Gasteiger partial charge < -0.3 is 10.2 Å². The van der Waals surface area contributed by atoms with Gasteiger partial charge in [0.15, 0.2) is 0 Å². The van der Waals surface area contributed by atoms with Gasteiger partial charge in [-0.2, -0.15) is 0 Å². The molecule has 0 atom stereocenters. The zero-order chi connectivity index (χ0) is 17.4. The number of likely N-dealkylation sites (N-methyl/N-ethyl adjacent to an activating group) is 1. The molecule has 0 unspecified atom stereocenters. The molecule has 1 aromatic carbocycles. The lowest BCUT2D eigenvalue weighted by Gasteiger charge is -2.34. The molecule has 5 nitrogen and oxygen atoms in total. The van der Waals surface area contributed by atoms with Gasteiger partial charge in [-0.05, 0) is 19.4 Å². The third-order valence-electron chi connectivity index (χ3n) is 4.15. The maximum absolute atomic E-state index is 12.3. The van der Waals surface area contributed by atoms with E-state index in [4.69, 9.17) is 0 Å². The van der Waals surface area contributed by atoms with E-state index in [1.165, 1.54) is 5.56 Å². The molecule has 5 heteroatoms. The molecule has 1 aliphatic rings. The second-order valence-electron chi connectivity index (χ2n) is 6.13. The molecule has 0 bridgehead atoms. The number of benzene rings is 1. The summed E-state index contributed by atoms with van der Waals surface area (Å²) in [6.07, 6.45) is 4.33. The Morgan fingerprint density at radius 2 is 1.79 bits per heavy atom. The Bertz CT molecular complexity index is 573. The minimum Gasteiger partial charge on any atom is -0.355 e. The van der Waals surface area contributed by atoms with E-state index in [-0.39, 0.29) is 11.8 Å². The number of nitrogens with zero attached hydrogens (tertiary/aromatic N) is 2. The van der Waals surface area contributed by atoms with Crippen molar-refractivity contribution in [2.45, 2.75) is 20.3 Å². The highest BCUT2D eigenvalue weighted by molar-refractivity contribution is 5.79. The van der Waals surface area contributed by atoms with Crippen LogP contribution in [0.5, 0.6) is 0 Å². The second kappa shape index (κ2) is 9.23. The number of piperazine rings is 1. The van der Waals surface area contributed by atoms with Gasteiger partial charge in [-0.3, -0.25) is 14.5 Å². The SMILES string of the molecule is CCNC(=O)CN1CCN(C(=O)C/C=C/c2ccc(C)cc2)CC1. The van der Waals surface area contributed by atoms with Crippen LogP contribution in [0, 0.1) is 6.92 Å². The van der Waals surface area contributed by atoms with E-state index < -0.39 is 0 Å². The fourth-order valence-electron chi connectivity index (χ4n) is 2.71. The summed E-state index contributed by atoms with van der Waals surface area (Å²) in [7, 11) is 0. The highest BCUT2D eigenvalue weighted by Crippen LogP contribution is 2.08. The number of amides is 2. The smallest absolute Gasteiger partial charge is 0.234 e. The lowest BCUT2D eigenvalue weighted by atomic mass is 10.1. The largest absolute Gasteiger partial charge is 0.355 e. The van der Waals surface area contributed by atoms with E-state index in [0.717, 1.165) is 18.7 Å². The molecule has 1 aromatic rings. The molecule has 1 heterocycles. The Hall–Kier alpha value is -2.14. The number of hydrogen-bond donors (Lipinski definition) is 1. The third kappa shape index (κ3) is 5.81. The lowest BCUT2D eigenvalue weighted by Crippen LogP contribution is -2.51. The van der Waals surface area contributed by atoms with Gasteiger partial charge in [0.05, 0.1) is 6.54 Å². The number of carbonyl (C=O) groups is 2. The van der Waals surface area contributed by atoms with Crippen molar-refractivity contribution < 1.29 is 9.59 Å². The first-order valence-corrected chi connectivity index (χ1v) is 8.58. The summed E-state index contributed by atoms with van der Waals surface area (Å²) in [5, 5.41) is 2.80. The van der Waals surface area contributed by atoms with Crippen molar-refractivity contribution in [2.75, 3.05) is 39.3 Å². The first-order valence-electron chi connectivity index (χ1n) is 8.58. The highest BCUT2D eigenvalue weighted by atomic mass is 16.2. The second-order valence-corrected chi connectivity index (χ2v) is 6.13. The molecule has 2 amide bonds. The molecule has 0 spiro atoms. The van der Waals surface area contributed by atoms with Crippen molar-refractivity contribution in [1.29, 1.82) is 0 Å². The molecule has 1 saturated heterocycles. The highest BCUT2D eigenvalue weighted by Gasteiger charge is 2.21. The van der Waals surface area contributed by atoms with Crippen LogP contribution >= 0.6 is 0 Å². The van der Waals surface area contributed by atoms with Gasteiger partial charge in [0.25, 0.3) is 0 Å². The van der Waals surface area contributed by atoms with Crippen LogP contribution in [0.3, 0.4) is 0 Å². The summed E-state index contributed by atoms with van der Waals surface area (Å²) >= 11 is 0. The van der Waals surface area contributed by atoms with E-state index in [2.05, 4.69) is 41.4 Å². The molecule has 0 aliphatic carbocycles. The molecule has 0 aromatic heterocycles. The number of nitrogens with one attached hydrogen (secondary N) is 1. The van der Waals surface area contributed by atoms with Crippen LogP contribution in [0.1, 0.15) is 24.5 Å². The zero-order valence-electron chi connectivity index (χ0n) is 14.6. The van der Waals surface area contributed by atoms with Crippen molar-refractivity contribution >= 4 is 17.9 Å². The fourth-order valence-corrected chi connectivity index (χ4v) is 2.71. The molecular formula is C19H27N3O2. The summed E-state index contributed by atoms with van der Waals surface area (Å²) in [6, 6.07) is 8.23. The van der Waals surface area contributed by atoms with Crippen LogP contribution in [0.4, 0.5) is 0 Å².